The van der Waals surface area contributed by atoms with E-state index in [-0.39, 0.29) is 18.2 Å². The Balaban J connectivity index is 1.46. The molecule has 1 aliphatic heterocycles. The highest BCUT2D eigenvalue weighted by atomic mass is 16.2. The number of amides is 2. The fourth-order valence-corrected chi connectivity index (χ4v) is 3.85. The van der Waals surface area contributed by atoms with Crippen LogP contribution in [0.2, 0.25) is 0 Å². The molecule has 0 unspecified atom stereocenters. The molecule has 2 aromatic rings. The summed E-state index contributed by atoms with van der Waals surface area (Å²) in [6.45, 7) is 6.54. The van der Waals surface area contributed by atoms with Crippen molar-refractivity contribution in [1.82, 2.24) is 25.5 Å². The third-order valence-electron chi connectivity index (χ3n) is 5.27. The lowest BCUT2D eigenvalue weighted by atomic mass is 10.1. The third-order valence-corrected chi connectivity index (χ3v) is 5.27. The maximum Gasteiger partial charge on any atom is 0.237 e. The summed E-state index contributed by atoms with van der Waals surface area (Å²) in [4.78, 5) is 35.8. The van der Waals surface area contributed by atoms with Gasteiger partial charge in [0, 0.05) is 37.4 Å². The highest BCUT2D eigenvalue weighted by Gasteiger charge is 2.31. The van der Waals surface area contributed by atoms with Crippen LogP contribution in [0.3, 0.4) is 0 Å². The molecule has 0 spiro atoms. The van der Waals surface area contributed by atoms with Gasteiger partial charge in [0.2, 0.25) is 11.8 Å². The molecule has 1 aliphatic rings. The lowest BCUT2D eigenvalue weighted by molar-refractivity contribution is -0.133. The predicted molar refractivity (Wildman–Crippen MR) is 116 cm³/mol. The van der Waals surface area contributed by atoms with Crippen LogP contribution >= 0.6 is 0 Å². The molecule has 0 saturated carbocycles. The van der Waals surface area contributed by atoms with Crippen LogP contribution in [0.5, 0.6) is 0 Å². The topological polar surface area (TPSA) is 87.2 Å². The number of aryl methyl sites for hydroxylation is 3. The van der Waals surface area contributed by atoms with E-state index < -0.39 is 6.04 Å². The molecule has 160 valence electrons. The van der Waals surface area contributed by atoms with Gasteiger partial charge in [-0.2, -0.15) is 0 Å². The predicted octanol–water partition coefficient (Wildman–Crippen LogP) is 1.58. The van der Waals surface area contributed by atoms with E-state index in [9.17, 15) is 9.59 Å². The van der Waals surface area contributed by atoms with E-state index in [1.54, 1.807) is 0 Å². The zero-order chi connectivity index (χ0) is 21.3. The van der Waals surface area contributed by atoms with Crippen LogP contribution in [0.25, 0.3) is 0 Å². The molecule has 7 heteroatoms. The second-order valence-electron chi connectivity index (χ2n) is 7.80. The summed E-state index contributed by atoms with van der Waals surface area (Å²) >= 11 is 0. The highest BCUT2D eigenvalue weighted by Crippen LogP contribution is 2.11. The van der Waals surface area contributed by atoms with Gasteiger partial charge in [0.15, 0.2) is 0 Å². The Morgan fingerprint density at radius 2 is 1.90 bits per heavy atom. The molecule has 7 nitrogen and oxygen atoms in total. The minimum atomic E-state index is -0.410. The van der Waals surface area contributed by atoms with E-state index in [1.165, 1.54) is 5.56 Å². The van der Waals surface area contributed by atoms with Gasteiger partial charge >= 0.3 is 0 Å². The van der Waals surface area contributed by atoms with Gasteiger partial charge in [-0.1, -0.05) is 30.3 Å². The van der Waals surface area contributed by atoms with E-state index in [1.807, 2.05) is 38.1 Å². The van der Waals surface area contributed by atoms with Crippen molar-refractivity contribution < 1.29 is 9.59 Å². The maximum atomic E-state index is 12.5. The van der Waals surface area contributed by atoms with Gasteiger partial charge < -0.3 is 10.6 Å². The van der Waals surface area contributed by atoms with Gasteiger partial charge in [0.1, 0.15) is 5.82 Å². The molecule has 30 heavy (non-hydrogen) atoms. The average Bonchev–Trinajstić information content (AvgIpc) is 2.70. The van der Waals surface area contributed by atoms with E-state index in [2.05, 4.69) is 37.6 Å². The van der Waals surface area contributed by atoms with Gasteiger partial charge in [0.05, 0.1) is 12.5 Å². The van der Waals surface area contributed by atoms with Crippen molar-refractivity contribution in [2.75, 3.05) is 26.2 Å². The van der Waals surface area contributed by atoms with E-state index >= 15 is 0 Å². The minimum absolute atomic E-state index is 0.0613. The number of piperazine rings is 1. The largest absolute Gasteiger partial charge is 0.356 e. The maximum absolute atomic E-state index is 12.5. The Bertz CT molecular complexity index is 836. The Kier molecular flexibility index (Phi) is 7.90. The van der Waals surface area contributed by atoms with E-state index in [0.717, 1.165) is 43.1 Å². The van der Waals surface area contributed by atoms with Gasteiger partial charge in [-0.15, -0.1) is 0 Å². The minimum Gasteiger partial charge on any atom is -0.356 e. The number of nitrogens with zero attached hydrogens (tertiary/aromatic N) is 3. The van der Waals surface area contributed by atoms with Crippen LogP contribution in [-0.4, -0.2) is 58.9 Å². The van der Waals surface area contributed by atoms with Crippen molar-refractivity contribution in [3.8, 4) is 0 Å². The van der Waals surface area contributed by atoms with Crippen LogP contribution in [0.1, 0.15) is 35.6 Å². The van der Waals surface area contributed by atoms with Crippen molar-refractivity contribution in [3.63, 3.8) is 0 Å². The molecule has 3 rings (SSSR count). The summed E-state index contributed by atoms with van der Waals surface area (Å²) in [7, 11) is 0. The fraction of sp³-hybridized carbons (Fsp3) is 0.478. The van der Waals surface area contributed by atoms with Crippen LogP contribution in [0.4, 0.5) is 0 Å². The van der Waals surface area contributed by atoms with Crippen molar-refractivity contribution in [1.29, 1.82) is 0 Å². The van der Waals surface area contributed by atoms with E-state index in [0.29, 0.717) is 19.5 Å². The molecule has 2 N–H and O–H groups in total. The number of hydrogen-bond acceptors (Lipinski definition) is 5. The second kappa shape index (κ2) is 10.8. The summed E-state index contributed by atoms with van der Waals surface area (Å²) in [6.07, 6.45) is 2.67. The number of carbonyl (C=O) groups excluding carboxylic acids is 2. The summed E-state index contributed by atoms with van der Waals surface area (Å²) in [6, 6.07) is 11.8. The first-order valence-corrected chi connectivity index (χ1v) is 10.6. The molecule has 0 bridgehead atoms. The summed E-state index contributed by atoms with van der Waals surface area (Å²) in [5, 5.41) is 5.80. The Morgan fingerprint density at radius 3 is 2.63 bits per heavy atom. The first-order valence-electron chi connectivity index (χ1n) is 10.6. The number of carbonyl (C=O) groups is 2. The van der Waals surface area contributed by atoms with Gasteiger partial charge in [-0.05, 0) is 44.9 Å². The van der Waals surface area contributed by atoms with Gasteiger partial charge in [0.25, 0.3) is 0 Å². The normalized spacial score (nSPS) is 16.9. The number of rotatable bonds is 9. The summed E-state index contributed by atoms with van der Waals surface area (Å²) in [5.41, 5.74) is 3.14. The number of aromatic nitrogens is 2. The third kappa shape index (κ3) is 6.62. The molecule has 0 radical (unpaired) electrons. The van der Waals surface area contributed by atoms with Crippen molar-refractivity contribution in [2.24, 2.45) is 0 Å². The summed E-state index contributed by atoms with van der Waals surface area (Å²) < 4.78 is 0. The van der Waals surface area contributed by atoms with Crippen molar-refractivity contribution >= 4 is 11.8 Å². The van der Waals surface area contributed by atoms with E-state index in [4.69, 9.17) is 0 Å². The smallest absolute Gasteiger partial charge is 0.237 e. The van der Waals surface area contributed by atoms with Crippen LogP contribution in [0.15, 0.2) is 36.4 Å². The first-order chi connectivity index (χ1) is 14.5. The molecule has 1 atom stereocenters. The fourth-order valence-electron chi connectivity index (χ4n) is 3.85. The Labute approximate surface area is 178 Å². The second-order valence-corrected chi connectivity index (χ2v) is 7.80. The molecule has 2 amide bonds. The molecule has 1 aromatic carbocycles. The molecule has 1 saturated heterocycles. The standard InChI is InChI=1S/C23H31N5O2/c1-17-15-18(2)27-21(26-17)10-11-24-22(29)16-20-23(30)25-12-14-28(20)13-6-9-19-7-4-3-5-8-19/h3-5,7-8,15,20H,6,9-14,16H2,1-2H3,(H,24,29)(H,25,30)/t20-/m1/s1. The SMILES string of the molecule is Cc1cc(C)nc(CCNC(=O)C[C@@H]2C(=O)NCCN2CCCc2ccccc2)n1. The first kappa shape index (κ1) is 21.9. The summed E-state index contributed by atoms with van der Waals surface area (Å²) in [5.74, 6) is 0.550. The van der Waals surface area contributed by atoms with Crippen LogP contribution in [-0.2, 0) is 22.4 Å². The Hall–Kier alpha value is -2.80. The van der Waals surface area contributed by atoms with Crippen molar-refractivity contribution in [3.05, 3.63) is 59.2 Å². The monoisotopic (exact) mass is 409 g/mol. The quantitative estimate of drug-likeness (QED) is 0.657. The highest BCUT2D eigenvalue weighted by molar-refractivity contribution is 5.88. The lowest BCUT2D eigenvalue weighted by Gasteiger charge is -2.34. The molecule has 2 heterocycles. The average molecular weight is 410 g/mol. The number of benzene rings is 1. The molecular weight excluding hydrogens is 378 g/mol. The Morgan fingerprint density at radius 1 is 1.17 bits per heavy atom. The van der Waals surface area contributed by atoms with Crippen LogP contribution < -0.4 is 10.6 Å². The van der Waals surface area contributed by atoms with Crippen molar-refractivity contribution in [2.45, 2.75) is 45.6 Å². The molecule has 0 aliphatic carbocycles. The number of nitrogens with one attached hydrogen (secondary N) is 2. The molecule has 1 fully saturated rings. The lowest BCUT2D eigenvalue weighted by Crippen LogP contribution is -2.56. The van der Waals surface area contributed by atoms with Crippen LogP contribution in [0, 0.1) is 13.8 Å². The zero-order valence-electron chi connectivity index (χ0n) is 17.9. The van der Waals surface area contributed by atoms with Gasteiger partial charge in [-0.3, -0.25) is 14.5 Å². The van der Waals surface area contributed by atoms with Gasteiger partial charge in [-0.25, -0.2) is 9.97 Å². The number of hydrogen-bond donors (Lipinski definition) is 2. The molecule has 1 aromatic heterocycles. The molecular formula is C23H31N5O2. The zero-order valence-corrected chi connectivity index (χ0v) is 17.9.